The maximum Gasteiger partial charge on any atom is 0.263 e. The van der Waals surface area contributed by atoms with Crippen LogP contribution in [0.1, 0.15) is 19.8 Å². The first kappa shape index (κ1) is 15.5. The van der Waals surface area contributed by atoms with Gasteiger partial charge in [-0.3, -0.25) is 4.90 Å². The highest BCUT2D eigenvalue weighted by Crippen LogP contribution is 2.28. The number of likely N-dealkylation sites (tertiary alicyclic amines) is 1. The molecule has 0 amide bonds. The topological polar surface area (TPSA) is 32.7 Å². The summed E-state index contributed by atoms with van der Waals surface area (Å²) in [5.41, 5.74) is -0.0799. The lowest BCUT2D eigenvalue weighted by Crippen LogP contribution is -2.50. The molecule has 1 fully saturated rings. The molecule has 1 aliphatic rings. The molecular weight excluding hydrogens is 216 g/mol. The summed E-state index contributed by atoms with van der Waals surface area (Å²) >= 11 is 0. The Bertz CT molecular complexity index is 210. The van der Waals surface area contributed by atoms with Gasteiger partial charge in [0.15, 0.2) is 0 Å². The highest BCUT2D eigenvalue weighted by molar-refractivity contribution is 4.94. The number of hydrogen-bond donors (Lipinski definition) is 1. The monoisotopic (exact) mass is 237 g/mol. The van der Waals surface area contributed by atoms with E-state index in [2.05, 4.69) is 18.4 Å². The second-order valence-corrected chi connectivity index (χ2v) is 3.84. The number of rotatable bonds is 4. The predicted octanol–water partition coefficient (Wildman–Crippen LogP) is 1.88. The molecule has 16 heavy (non-hydrogen) atoms. The van der Waals surface area contributed by atoms with Gasteiger partial charge in [-0.15, -0.1) is 0 Å². The van der Waals surface area contributed by atoms with Gasteiger partial charge in [0.2, 0.25) is 0 Å². The molecule has 0 aliphatic carbocycles. The number of likely N-dealkylation sites (N-methyl/N-ethyl adjacent to an activating group) is 1. The van der Waals surface area contributed by atoms with Crippen LogP contribution in [0.15, 0.2) is 12.7 Å². The van der Waals surface area contributed by atoms with Crippen LogP contribution < -0.4 is 0 Å². The van der Waals surface area contributed by atoms with Crippen molar-refractivity contribution in [2.24, 2.45) is 0 Å². The zero-order valence-electron chi connectivity index (χ0n) is 10.0. The summed E-state index contributed by atoms with van der Waals surface area (Å²) in [6.45, 7) is 7.32. The van der Waals surface area contributed by atoms with E-state index in [0.717, 1.165) is 19.5 Å². The lowest BCUT2D eigenvalue weighted by atomic mass is 9.98. The fourth-order valence-electron chi connectivity index (χ4n) is 2.14. The van der Waals surface area contributed by atoms with Gasteiger partial charge in [-0.25, -0.2) is 0 Å². The molecule has 1 aliphatic heterocycles. The Labute approximate surface area is 95.7 Å². The van der Waals surface area contributed by atoms with Crippen LogP contribution in [0.2, 0.25) is 0 Å². The van der Waals surface area contributed by atoms with Crippen molar-refractivity contribution in [3.8, 4) is 0 Å². The van der Waals surface area contributed by atoms with Gasteiger partial charge >= 0.3 is 0 Å². The van der Waals surface area contributed by atoms with Crippen LogP contribution in [0.3, 0.4) is 0 Å². The minimum absolute atomic E-state index is 0.0799. The first-order chi connectivity index (χ1) is 7.52. The Hall–Kier alpha value is -0.520. The van der Waals surface area contributed by atoms with Gasteiger partial charge in [0, 0.05) is 7.11 Å². The quantitative estimate of drug-likeness (QED) is 0.810. The summed E-state index contributed by atoms with van der Waals surface area (Å²) in [6, 6.07) is 0. The van der Waals surface area contributed by atoms with Crippen molar-refractivity contribution < 1.29 is 18.6 Å². The van der Waals surface area contributed by atoms with Gasteiger partial charge in [0.1, 0.15) is 0 Å². The third-order valence-electron chi connectivity index (χ3n) is 2.83. The molecule has 1 rings (SSSR count). The molecule has 0 bridgehead atoms. The number of hydrogen-bond acceptors (Lipinski definition) is 3. The van der Waals surface area contributed by atoms with Crippen molar-refractivity contribution in [1.29, 1.82) is 0 Å². The molecule has 1 atom stereocenters. The third-order valence-corrected chi connectivity index (χ3v) is 2.83. The molecule has 0 aromatic carbocycles. The molecule has 1 saturated heterocycles. The molecule has 1 heterocycles. The van der Waals surface area contributed by atoms with Crippen molar-refractivity contribution >= 4 is 0 Å². The van der Waals surface area contributed by atoms with E-state index in [-0.39, 0.29) is 12.1 Å². The van der Waals surface area contributed by atoms with Crippen molar-refractivity contribution in [3.05, 3.63) is 12.7 Å². The molecule has 0 aromatic heterocycles. The summed E-state index contributed by atoms with van der Waals surface area (Å²) in [7, 11) is 1.70. The fourth-order valence-corrected chi connectivity index (χ4v) is 2.14. The average molecular weight is 237 g/mol. The molecule has 0 aromatic rings. The lowest BCUT2D eigenvalue weighted by Gasteiger charge is -2.35. The molecule has 1 N–H and O–H groups in total. The van der Waals surface area contributed by atoms with E-state index in [0.29, 0.717) is 6.61 Å². The summed E-state index contributed by atoms with van der Waals surface area (Å²) in [6.07, 6.45) is 0.406. The second kappa shape index (κ2) is 7.70. The van der Waals surface area contributed by atoms with Crippen molar-refractivity contribution in [1.82, 2.24) is 4.90 Å². The molecule has 0 spiro atoms. The molecule has 0 radical (unpaired) electrons. The third kappa shape index (κ3) is 4.55. The highest BCUT2D eigenvalue weighted by atomic mass is 19.3. The van der Waals surface area contributed by atoms with E-state index in [1.54, 1.807) is 7.11 Å². The second-order valence-electron chi connectivity index (χ2n) is 3.84. The van der Waals surface area contributed by atoms with E-state index < -0.39 is 6.08 Å². The molecule has 1 unspecified atom stereocenters. The van der Waals surface area contributed by atoms with Crippen molar-refractivity contribution in [2.45, 2.75) is 25.3 Å². The Morgan fingerprint density at radius 2 is 2.12 bits per heavy atom. The average Bonchev–Trinajstić information content (AvgIpc) is 2.61. The minimum atomic E-state index is -1.83. The van der Waals surface area contributed by atoms with E-state index in [1.807, 2.05) is 0 Å². The number of nitrogens with zero attached hydrogens (tertiary/aromatic N) is 1. The fraction of sp³-hybridized carbons (Fsp3) is 0.818. The van der Waals surface area contributed by atoms with Crippen LogP contribution >= 0.6 is 0 Å². The number of methoxy groups -OCH3 is 1. The molecular formula is C11H21F2NO2. The first-order valence-corrected chi connectivity index (χ1v) is 5.37. The van der Waals surface area contributed by atoms with Gasteiger partial charge in [0.25, 0.3) is 6.08 Å². The van der Waals surface area contributed by atoms with Gasteiger partial charge in [-0.1, -0.05) is 6.92 Å². The number of ether oxygens (including phenoxy) is 1. The summed E-state index contributed by atoms with van der Waals surface area (Å²) in [4.78, 5) is 2.32. The Balaban J connectivity index is 0.000000487. The maximum atomic E-state index is 10.1. The van der Waals surface area contributed by atoms with E-state index in [9.17, 15) is 13.9 Å². The number of halogens is 2. The highest BCUT2D eigenvalue weighted by Gasteiger charge is 2.39. The van der Waals surface area contributed by atoms with Crippen LogP contribution in [0.5, 0.6) is 0 Å². The first-order valence-electron chi connectivity index (χ1n) is 5.37. The van der Waals surface area contributed by atoms with E-state index in [1.165, 1.54) is 6.42 Å². The van der Waals surface area contributed by atoms with Crippen LogP contribution in [0.4, 0.5) is 8.78 Å². The molecule has 5 heteroatoms. The molecule has 96 valence electrons. The van der Waals surface area contributed by atoms with Crippen molar-refractivity contribution in [2.75, 3.05) is 33.4 Å². The SMILES string of the molecule is C=C(F)F.CCN1CCCC1(CO)COC. The van der Waals surface area contributed by atoms with Gasteiger partial charge in [0.05, 0.1) is 18.8 Å². The Kier molecular flexibility index (Phi) is 7.45. The van der Waals surface area contributed by atoms with E-state index in [4.69, 9.17) is 4.74 Å². The maximum absolute atomic E-state index is 10.1. The van der Waals surface area contributed by atoms with Gasteiger partial charge in [-0.2, -0.15) is 8.78 Å². The smallest absolute Gasteiger partial charge is 0.263 e. The summed E-state index contributed by atoms with van der Waals surface area (Å²) in [5.74, 6) is 0. The van der Waals surface area contributed by atoms with Crippen LogP contribution in [-0.4, -0.2) is 49.0 Å². The van der Waals surface area contributed by atoms with E-state index >= 15 is 0 Å². The van der Waals surface area contributed by atoms with Crippen LogP contribution in [-0.2, 0) is 4.74 Å². The minimum Gasteiger partial charge on any atom is -0.394 e. The predicted molar refractivity (Wildman–Crippen MR) is 59.5 cm³/mol. The van der Waals surface area contributed by atoms with Gasteiger partial charge < -0.3 is 9.84 Å². The number of aliphatic hydroxyl groups is 1. The van der Waals surface area contributed by atoms with Gasteiger partial charge in [-0.05, 0) is 32.5 Å². The summed E-state index contributed by atoms with van der Waals surface area (Å²) in [5, 5.41) is 9.33. The lowest BCUT2D eigenvalue weighted by molar-refractivity contribution is 0.000455. The number of aliphatic hydroxyl groups excluding tert-OH is 1. The van der Waals surface area contributed by atoms with Crippen molar-refractivity contribution in [3.63, 3.8) is 0 Å². The summed E-state index contributed by atoms with van der Waals surface area (Å²) < 4.78 is 25.4. The molecule has 0 saturated carbocycles. The van der Waals surface area contributed by atoms with Crippen LogP contribution in [0, 0.1) is 0 Å². The molecule has 3 nitrogen and oxygen atoms in total. The Morgan fingerprint density at radius 3 is 2.50 bits per heavy atom. The Morgan fingerprint density at radius 1 is 1.56 bits per heavy atom. The zero-order valence-corrected chi connectivity index (χ0v) is 10.0. The van der Waals surface area contributed by atoms with Crippen LogP contribution in [0.25, 0.3) is 0 Å². The largest absolute Gasteiger partial charge is 0.394 e. The normalized spacial score (nSPS) is 25.1. The standard InChI is InChI=1S/C9H19NO2.C2H2F2/c1-3-10-6-4-5-9(10,7-11)8-12-2;1-2(3)4/h11H,3-8H2,1-2H3;1H2. The zero-order chi connectivity index (χ0) is 12.6.